The number of hydrogen-bond acceptors (Lipinski definition) is 3. The fraction of sp³-hybridized carbons (Fsp3) is 0.182. The van der Waals surface area contributed by atoms with Crippen LogP contribution in [0, 0.1) is 25.2 Å². The van der Waals surface area contributed by atoms with Crippen LogP contribution in [0.4, 0.5) is 0 Å². The summed E-state index contributed by atoms with van der Waals surface area (Å²) in [7, 11) is 0. The van der Waals surface area contributed by atoms with Gasteiger partial charge in [0.15, 0.2) is 0 Å². The van der Waals surface area contributed by atoms with Gasteiger partial charge in [-0.2, -0.15) is 5.26 Å². The molecule has 0 bridgehead atoms. The third-order valence-corrected chi connectivity index (χ3v) is 4.30. The van der Waals surface area contributed by atoms with E-state index in [4.69, 9.17) is 4.74 Å². The zero-order chi connectivity index (χ0) is 18.7. The lowest BCUT2D eigenvalue weighted by Crippen LogP contribution is -2.13. The first-order valence-corrected chi connectivity index (χ1v) is 8.51. The van der Waals surface area contributed by atoms with E-state index in [9.17, 15) is 10.1 Å². The van der Waals surface area contributed by atoms with Gasteiger partial charge >= 0.3 is 0 Å². The van der Waals surface area contributed by atoms with Crippen LogP contribution >= 0.6 is 0 Å². The second-order valence-corrected chi connectivity index (χ2v) is 6.19. The first-order valence-electron chi connectivity index (χ1n) is 8.51. The second kappa shape index (κ2) is 7.28. The SMILES string of the molecule is CCOc1ccc(-c2cc(-c3cc(C)ccc3C)c(C#N)c(=O)[nH]2)cc1. The van der Waals surface area contributed by atoms with Crippen molar-refractivity contribution >= 4 is 0 Å². The van der Waals surface area contributed by atoms with E-state index >= 15 is 0 Å². The van der Waals surface area contributed by atoms with Gasteiger partial charge in [-0.15, -0.1) is 0 Å². The Morgan fingerprint density at radius 2 is 1.77 bits per heavy atom. The topological polar surface area (TPSA) is 65.9 Å². The van der Waals surface area contributed by atoms with E-state index < -0.39 is 0 Å². The summed E-state index contributed by atoms with van der Waals surface area (Å²) in [5, 5.41) is 9.49. The number of aromatic amines is 1. The molecule has 0 saturated carbocycles. The van der Waals surface area contributed by atoms with Crippen molar-refractivity contribution < 1.29 is 4.74 Å². The van der Waals surface area contributed by atoms with Crippen LogP contribution in [0.25, 0.3) is 22.4 Å². The number of nitrogens with zero attached hydrogens (tertiary/aromatic N) is 1. The number of hydrogen-bond donors (Lipinski definition) is 1. The number of aromatic nitrogens is 1. The van der Waals surface area contributed by atoms with Gasteiger partial charge in [0.2, 0.25) is 0 Å². The highest BCUT2D eigenvalue weighted by Crippen LogP contribution is 2.29. The minimum absolute atomic E-state index is 0.133. The summed E-state index contributed by atoms with van der Waals surface area (Å²) in [6.07, 6.45) is 0. The largest absolute Gasteiger partial charge is 0.494 e. The van der Waals surface area contributed by atoms with Crippen molar-refractivity contribution in [3.63, 3.8) is 0 Å². The zero-order valence-electron chi connectivity index (χ0n) is 15.1. The molecule has 3 rings (SSSR count). The molecule has 0 fully saturated rings. The van der Waals surface area contributed by atoms with Crippen LogP contribution < -0.4 is 10.3 Å². The smallest absolute Gasteiger partial charge is 0.266 e. The molecule has 0 atom stereocenters. The number of nitriles is 1. The molecule has 0 saturated heterocycles. The molecule has 0 amide bonds. The van der Waals surface area contributed by atoms with Gasteiger partial charge < -0.3 is 9.72 Å². The molecular weight excluding hydrogens is 324 g/mol. The molecule has 1 aromatic heterocycles. The molecule has 1 heterocycles. The lowest BCUT2D eigenvalue weighted by molar-refractivity contribution is 0.340. The lowest BCUT2D eigenvalue weighted by Gasteiger charge is -2.12. The van der Waals surface area contributed by atoms with Crippen LogP contribution in [0.5, 0.6) is 5.75 Å². The van der Waals surface area contributed by atoms with Crippen molar-refractivity contribution in [1.82, 2.24) is 4.98 Å². The Morgan fingerprint density at radius 3 is 2.42 bits per heavy atom. The molecule has 26 heavy (non-hydrogen) atoms. The van der Waals surface area contributed by atoms with Gasteiger partial charge in [0.05, 0.1) is 6.61 Å². The van der Waals surface area contributed by atoms with Gasteiger partial charge in [0.1, 0.15) is 17.4 Å². The van der Waals surface area contributed by atoms with E-state index in [1.807, 2.05) is 75.4 Å². The van der Waals surface area contributed by atoms with E-state index in [0.29, 0.717) is 17.9 Å². The number of benzene rings is 2. The van der Waals surface area contributed by atoms with Crippen molar-refractivity contribution in [3.8, 4) is 34.2 Å². The Labute approximate surface area is 152 Å². The summed E-state index contributed by atoms with van der Waals surface area (Å²) in [5.74, 6) is 0.780. The zero-order valence-corrected chi connectivity index (χ0v) is 15.1. The van der Waals surface area contributed by atoms with Crippen molar-refractivity contribution in [1.29, 1.82) is 5.26 Å². The van der Waals surface area contributed by atoms with E-state index in [1.165, 1.54) is 0 Å². The quantitative estimate of drug-likeness (QED) is 0.752. The van der Waals surface area contributed by atoms with Gasteiger partial charge in [0.25, 0.3) is 5.56 Å². The van der Waals surface area contributed by atoms with Crippen LogP contribution in [0.1, 0.15) is 23.6 Å². The molecule has 0 radical (unpaired) electrons. The normalized spacial score (nSPS) is 10.4. The molecule has 0 aliphatic rings. The number of H-pyrrole nitrogens is 1. The Balaban J connectivity index is 2.18. The van der Waals surface area contributed by atoms with Crippen LogP contribution in [0.15, 0.2) is 53.3 Å². The molecule has 4 nitrogen and oxygen atoms in total. The third-order valence-electron chi connectivity index (χ3n) is 4.30. The standard InChI is InChI=1S/C22H20N2O2/c1-4-26-17-9-7-16(8-10-17)21-12-19(20(13-23)22(25)24-21)18-11-14(2)5-6-15(18)3/h5-12H,4H2,1-3H3,(H,24,25). The first kappa shape index (κ1) is 17.5. The number of pyridine rings is 1. The van der Waals surface area contributed by atoms with Crippen molar-refractivity contribution in [2.75, 3.05) is 6.61 Å². The summed E-state index contributed by atoms with van der Waals surface area (Å²) >= 11 is 0. The van der Waals surface area contributed by atoms with Crippen LogP contribution in [-0.2, 0) is 0 Å². The van der Waals surface area contributed by atoms with Crippen LogP contribution in [0.3, 0.4) is 0 Å². The Hall–Kier alpha value is -3.32. The molecule has 0 spiro atoms. The maximum Gasteiger partial charge on any atom is 0.266 e. The summed E-state index contributed by atoms with van der Waals surface area (Å²) in [5.41, 5.74) is 4.95. The van der Waals surface area contributed by atoms with E-state index in [1.54, 1.807) is 0 Å². The number of aryl methyl sites for hydroxylation is 2. The molecule has 4 heteroatoms. The van der Waals surface area contributed by atoms with Gasteiger partial charge in [-0.3, -0.25) is 4.79 Å². The Morgan fingerprint density at radius 1 is 1.04 bits per heavy atom. The first-order chi connectivity index (χ1) is 12.5. The minimum Gasteiger partial charge on any atom is -0.494 e. The molecule has 0 aliphatic heterocycles. The van der Waals surface area contributed by atoms with Crippen LogP contribution in [-0.4, -0.2) is 11.6 Å². The fourth-order valence-electron chi connectivity index (χ4n) is 2.96. The summed E-state index contributed by atoms with van der Waals surface area (Å²) in [4.78, 5) is 15.3. The maximum absolute atomic E-state index is 12.5. The summed E-state index contributed by atoms with van der Waals surface area (Å²) in [6, 6.07) is 17.5. The maximum atomic E-state index is 12.5. The molecule has 1 N–H and O–H groups in total. The highest BCUT2D eigenvalue weighted by Gasteiger charge is 2.14. The van der Waals surface area contributed by atoms with Gasteiger partial charge in [-0.05, 0) is 67.8 Å². The fourth-order valence-corrected chi connectivity index (χ4v) is 2.96. The van der Waals surface area contributed by atoms with E-state index in [-0.39, 0.29) is 11.1 Å². The summed E-state index contributed by atoms with van der Waals surface area (Å²) in [6.45, 7) is 6.51. The molecule has 3 aromatic rings. The highest BCUT2D eigenvalue weighted by molar-refractivity contribution is 5.77. The predicted octanol–water partition coefficient (Wildman–Crippen LogP) is 4.60. The average Bonchev–Trinajstić information content (AvgIpc) is 2.64. The number of nitrogens with one attached hydrogen (secondary N) is 1. The van der Waals surface area contributed by atoms with Crippen molar-refractivity contribution in [3.05, 3.63) is 75.6 Å². The Bertz CT molecular complexity index is 1040. The summed E-state index contributed by atoms with van der Waals surface area (Å²) < 4.78 is 5.46. The molecule has 130 valence electrons. The van der Waals surface area contributed by atoms with Crippen molar-refractivity contribution in [2.24, 2.45) is 0 Å². The highest BCUT2D eigenvalue weighted by atomic mass is 16.5. The monoisotopic (exact) mass is 344 g/mol. The second-order valence-electron chi connectivity index (χ2n) is 6.19. The van der Waals surface area contributed by atoms with E-state index in [0.717, 1.165) is 28.0 Å². The van der Waals surface area contributed by atoms with Gasteiger partial charge in [0, 0.05) is 11.3 Å². The minimum atomic E-state index is -0.380. The van der Waals surface area contributed by atoms with Gasteiger partial charge in [-0.25, -0.2) is 0 Å². The molecular formula is C22H20N2O2. The predicted molar refractivity (Wildman–Crippen MR) is 103 cm³/mol. The average molecular weight is 344 g/mol. The number of ether oxygens (including phenoxy) is 1. The van der Waals surface area contributed by atoms with Crippen molar-refractivity contribution in [2.45, 2.75) is 20.8 Å². The van der Waals surface area contributed by atoms with Gasteiger partial charge in [-0.1, -0.05) is 23.8 Å². The third kappa shape index (κ3) is 3.38. The molecule has 0 unspecified atom stereocenters. The molecule has 2 aromatic carbocycles. The lowest BCUT2D eigenvalue weighted by atomic mass is 9.94. The van der Waals surface area contributed by atoms with Crippen LogP contribution in [0.2, 0.25) is 0 Å². The number of rotatable bonds is 4. The molecule has 0 aliphatic carbocycles. The Kier molecular flexibility index (Phi) is 4.90. The van der Waals surface area contributed by atoms with E-state index in [2.05, 4.69) is 4.98 Å².